The fourth-order valence-corrected chi connectivity index (χ4v) is 3.43. The van der Waals surface area contributed by atoms with Crippen LogP contribution in [-0.4, -0.2) is 53.6 Å². The Kier molecular flexibility index (Phi) is 5.43. The van der Waals surface area contributed by atoms with Gasteiger partial charge in [-0.05, 0) is 18.4 Å². The molecular weight excluding hydrogens is 312 g/mol. The molecule has 1 aliphatic heterocycles. The molecule has 1 amide bonds. The number of amides is 1. The van der Waals surface area contributed by atoms with Gasteiger partial charge in [0.25, 0.3) is 0 Å². The van der Waals surface area contributed by atoms with Crippen LogP contribution in [0.5, 0.6) is 0 Å². The predicted octanol–water partition coefficient (Wildman–Crippen LogP) is 2.19. The molecule has 1 saturated heterocycles. The minimum Gasteiger partial charge on any atom is -0.360 e. The van der Waals surface area contributed by atoms with Gasteiger partial charge in [0.15, 0.2) is 5.82 Å². The second kappa shape index (κ2) is 7.72. The quantitative estimate of drug-likeness (QED) is 0.877. The second-order valence-corrected chi connectivity index (χ2v) is 6.85. The zero-order valence-electron chi connectivity index (χ0n) is 13.3. The Balaban J connectivity index is 1.35. The Morgan fingerprint density at radius 3 is 2.78 bits per heavy atom. The van der Waals surface area contributed by atoms with Crippen molar-refractivity contribution in [3.63, 3.8) is 0 Å². The van der Waals surface area contributed by atoms with Crippen LogP contribution in [0.25, 0.3) is 0 Å². The van der Waals surface area contributed by atoms with E-state index >= 15 is 0 Å². The van der Waals surface area contributed by atoms with Crippen molar-refractivity contribution < 1.29 is 9.32 Å². The number of hydrogen-bond donors (Lipinski definition) is 1. The van der Waals surface area contributed by atoms with Crippen molar-refractivity contribution >= 4 is 23.1 Å². The molecule has 1 N–H and O–H groups in total. The third kappa shape index (κ3) is 4.89. The van der Waals surface area contributed by atoms with Crippen molar-refractivity contribution in [2.24, 2.45) is 0 Å². The van der Waals surface area contributed by atoms with E-state index in [1.165, 1.54) is 4.88 Å². The lowest BCUT2D eigenvalue weighted by molar-refractivity contribution is -0.116. The monoisotopic (exact) mass is 334 g/mol. The minimum absolute atomic E-state index is 0.0145. The number of nitrogens with one attached hydrogen (secondary N) is 1. The molecule has 0 aromatic carbocycles. The average Bonchev–Trinajstić information content (AvgIpc) is 3.19. The van der Waals surface area contributed by atoms with Crippen molar-refractivity contribution in [1.29, 1.82) is 0 Å². The SMILES string of the molecule is Cc1cc(NC(=O)CCN2CCN(Cc3cccs3)CC2)no1. The van der Waals surface area contributed by atoms with Crippen LogP contribution in [0.1, 0.15) is 17.1 Å². The second-order valence-electron chi connectivity index (χ2n) is 5.82. The van der Waals surface area contributed by atoms with E-state index in [1.54, 1.807) is 13.0 Å². The summed E-state index contributed by atoms with van der Waals surface area (Å²) in [4.78, 5) is 18.1. The smallest absolute Gasteiger partial charge is 0.226 e. The first-order valence-corrected chi connectivity index (χ1v) is 8.77. The maximum Gasteiger partial charge on any atom is 0.226 e. The van der Waals surface area contributed by atoms with Gasteiger partial charge < -0.3 is 14.7 Å². The summed E-state index contributed by atoms with van der Waals surface area (Å²) < 4.78 is 4.93. The fraction of sp³-hybridized carbons (Fsp3) is 0.500. The van der Waals surface area contributed by atoms with E-state index in [2.05, 4.69) is 37.8 Å². The third-order valence-electron chi connectivity index (χ3n) is 3.98. The van der Waals surface area contributed by atoms with Crippen LogP contribution in [0.4, 0.5) is 5.82 Å². The van der Waals surface area contributed by atoms with E-state index in [0.717, 1.165) is 39.3 Å². The van der Waals surface area contributed by atoms with Gasteiger partial charge >= 0.3 is 0 Å². The van der Waals surface area contributed by atoms with Crippen LogP contribution in [0.2, 0.25) is 0 Å². The highest BCUT2D eigenvalue weighted by atomic mass is 32.1. The summed E-state index contributed by atoms with van der Waals surface area (Å²) in [6.07, 6.45) is 0.483. The number of carbonyl (C=O) groups is 1. The van der Waals surface area contributed by atoms with Crippen LogP contribution < -0.4 is 5.32 Å². The van der Waals surface area contributed by atoms with E-state index in [-0.39, 0.29) is 5.91 Å². The zero-order chi connectivity index (χ0) is 16.1. The van der Waals surface area contributed by atoms with E-state index in [9.17, 15) is 4.79 Å². The maximum absolute atomic E-state index is 11.9. The number of aryl methyl sites for hydroxylation is 1. The molecule has 1 fully saturated rings. The van der Waals surface area contributed by atoms with E-state index in [4.69, 9.17) is 4.52 Å². The van der Waals surface area contributed by atoms with Gasteiger partial charge in [-0.15, -0.1) is 11.3 Å². The standard InChI is InChI=1S/C16H22N4O2S/c1-13-11-15(18-22-13)17-16(21)4-5-19-6-8-20(9-7-19)12-14-3-2-10-23-14/h2-3,10-11H,4-9,12H2,1H3,(H,17,18,21). The lowest BCUT2D eigenvalue weighted by Gasteiger charge is -2.34. The Morgan fingerprint density at radius 1 is 1.35 bits per heavy atom. The van der Waals surface area contributed by atoms with Crippen molar-refractivity contribution in [2.75, 3.05) is 38.0 Å². The number of thiophene rings is 1. The average molecular weight is 334 g/mol. The van der Waals surface area contributed by atoms with Crippen LogP contribution in [0.15, 0.2) is 28.1 Å². The van der Waals surface area contributed by atoms with Crippen molar-refractivity contribution in [3.8, 4) is 0 Å². The first-order valence-electron chi connectivity index (χ1n) is 7.89. The fourth-order valence-electron chi connectivity index (χ4n) is 2.68. The molecule has 124 valence electrons. The number of piperazine rings is 1. The Morgan fingerprint density at radius 2 is 2.13 bits per heavy atom. The molecule has 23 heavy (non-hydrogen) atoms. The Bertz CT molecular complexity index is 618. The molecule has 7 heteroatoms. The number of nitrogens with zero attached hydrogens (tertiary/aromatic N) is 3. The molecule has 0 atom stereocenters. The highest BCUT2D eigenvalue weighted by Gasteiger charge is 2.18. The van der Waals surface area contributed by atoms with Gasteiger partial charge in [-0.2, -0.15) is 0 Å². The van der Waals surface area contributed by atoms with Gasteiger partial charge in [-0.25, -0.2) is 0 Å². The summed E-state index contributed by atoms with van der Waals surface area (Å²) in [5.41, 5.74) is 0. The van der Waals surface area contributed by atoms with Crippen LogP contribution >= 0.6 is 11.3 Å². The highest BCUT2D eigenvalue weighted by molar-refractivity contribution is 7.09. The first-order chi connectivity index (χ1) is 11.2. The lowest BCUT2D eigenvalue weighted by Crippen LogP contribution is -2.46. The van der Waals surface area contributed by atoms with Crippen molar-refractivity contribution in [1.82, 2.24) is 15.0 Å². The number of anilines is 1. The molecule has 0 bridgehead atoms. The summed E-state index contributed by atoms with van der Waals surface area (Å²) in [6, 6.07) is 6.01. The summed E-state index contributed by atoms with van der Waals surface area (Å²) in [7, 11) is 0. The molecule has 3 heterocycles. The molecule has 2 aromatic rings. The molecule has 0 unspecified atom stereocenters. The van der Waals surface area contributed by atoms with Crippen LogP contribution in [0.3, 0.4) is 0 Å². The van der Waals surface area contributed by atoms with E-state index in [1.807, 2.05) is 11.3 Å². The predicted molar refractivity (Wildman–Crippen MR) is 90.5 cm³/mol. The van der Waals surface area contributed by atoms with E-state index in [0.29, 0.717) is 18.0 Å². The number of rotatable bonds is 6. The van der Waals surface area contributed by atoms with Gasteiger partial charge in [0.05, 0.1) is 0 Å². The Labute approximate surface area is 140 Å². The molecule has 3 rings (SSSR count). The summed E-state index contributed by atoms with van der Waals surface area (Å²) in [6.45, 7) is 7.78. The molecule has 0 saturated carbocycles. The molecule has 0 aliphatic carbocycles. The summed E-state index contributed by atoms with van der Waals surface area (Å²) in [5.74, 6) is 1.18. The van der Waals surface area contributed by atoms with Crippen LogP contribution in [-0.2, 0) is 11.3 Å². The zero-order valence-corrected chi connectivity index (χ0v) is 14.1. The number of carbonyl (C=O) groups excluding carboxylic acids is 1. The molecule has 1 aliphatic rings. The number of aromatic nitrogens is 1. The van der Waals surface area contributed by atoms with Crippen molar-refractivity contribution in [3.05, 3.63) is 34.2 Å². The molecular formula is C16H22N4O2S. The van der Waals surface area contributed by atoms with Gasteiger partial charge in [-0.1, -0.05) is 11.2 Å². The van der Waals surface area contributed by atoms with Gasteiger partial charge in [-0.3, -0.25) is 9.69 Å². The van der Waals surface area contributed by atoms with Crippen molar-refractivity contribution in [2.45, 2.75) is 19.9 Å². The summed E-state index contributed by atoms with van der Waals surface area (Å²) >= 11 is 1.81. The Hall–Kier alpha value is -1.70. The lowest BCUT2D eigenvalue weighted by atomic mass is 10.2. The number of hydrogen-bond acceptors (Lipinski definition) is 6. The molecule has 2 aromatic heterocycles. The molecule has 0 spiro atoms. The minimum atomic E-state index is -0.0145. The normalized spacial score (nSPS) is 16.6. The van der Waals surface area contributed by atoms with Gasteiger partial charge in [0.2, 0.25) is 5.91 Å². The highest BCUT2D eigenvalue weighted by Crippen LogP contribution is 2.14. The first kappa shape index (κ1) is 16.2. The van der Waals surface area contributed by atoms with Gasteiger partial charge in [0.1, 0.15) is 5.76 Å². The third-order valence-corrected chi connectivity index (χ3v) is 4.84. The molecule has 0 radical (unpaired) electrons. The largest absolute Gasteiger partial charge is 0.360 e. The van der Waals surface area contributed by atoms with E-state index < -0.39 is 0 Å². The van der Waals surface area contributed by atoms with Gasteiger partial charge in [0, 0.05) is 56.6 Å². The van der Waals surface area contributed by atoms with Crippen LogP contribution in [0, 0.1) is 6.92 Å². The topological polar surface area (TPSA) is 61.6 Å². The molecule has 6 nitrogen and oxygen atoms in total. The summed E-state index contributed by atoms with van der Waals surface area (Å²) in [5, 5.41) is 8.66. The maximum atomic E-state index is 11.9.